The van der Waals surface area contributed by atoms with Crippen molar-refractivity contribution in [1.82, 2.24) is 5.43 Å². The standard InChI is InChI=1S/C11H22N2/c1-4-5-6-7-8-9-12-13-10-11(2)3/h10,12H,2,4-9H2,1,3H3. The van der Waals surface area contributed by atoms with Gasteiger partial charge in [-0.05, 0) is 18.9 Å². The summed E-state index contributed by atoms with van der Waals surface area (Å²) in [4.78, 5) is 0. The van der Waals surface area contributed by atoms with Crippen LogP contribution in [0.2, 0.25) is 0 Å². The monoisotopic (exact) mass is 182 g/mol. The Hall–Kier alpha value is -0.790. The van der Waals surface area contributed by atoms with Gasteiger partial charge in [0.25, 0.3) is 0 Å². The van der Waals surface area contributed by atoms with E-state index in [4.69, 9.17) is 0 Å². The van der Waals surface area contributed by atoms with Crippen LogP contribution in [0.5, 0.6) is 0 Å². The normalized spacial score (nSPS) is 10.6. The van der Waals surface area contributed by atoms with Crippen molar-refractivity contribution in [3.05, 3.63) is 12.2 Å². The molecule has 0 amide bonds. The molecule has 0 aliphatic heterocycles. The van der Waals surface area contributed by atoms with E-state index in [-0.39, 0.29) is 0 Å². The van der Waals surface area contributed by atoms with Gasteiger partial charge in [0.15, 0.2) is 0 Å². The summed E-state index contributed by atoms with van der Waals surface area (Å²) >= 11 is 0. The number of unbranched alkanes of at least 4 members (excludes halogenated alkanes) is 4. The van der Waals surface area contributed by atoms with Crippen LogP contribution in [-0.4, -0.2) is 12.8 Å². The molecule has 13 heavy (non-hydrogen) atoms. The first-order valence-electron chi connectivity index (χ1n) is 5.18. The van der Waals surface area contributed by atoms with Gasteiger partial charge in [0.2, 0.25) is 0 Å². The lowest BCUT2D eigenvalue weighted by atomic mass is 10.2. The zero-order chi connectivity index (χ0) is 9.94. The van der Waals surface area contributed by atoms with Crippen LogP contribution in [0.15, 0.2) is 17.3 Å². The minimum Gasteiger partial charge on any atom is -0.310 e. The molecule has 0 saturated heterocycles. The molecule has 1 N–H and O–H groups in total. The minimum absolute atomic E-state index is 0.980. The molecule has 0 aromatic heterocycles. The highest BCUT2D eigenvalue weighted by molar-refractivity contribution is 5.76. The first-order chi connectivity index (χ1) is 6.27. The van der Waals surface area contributed by atoms with Gasteiger partial charge in [-0.15, -0.1) is 0 Å². The Balaban J connectivity index is 3.03. The number of nitrogens with zero attached hydrogens (tertiary/aromatic N) is 1. The average Bonchev–Trinajstić information content (AvgIpc) is 2.09. The molecule has 0 saturated carbocycles. The van der Waals surface area contributed by atoms with Gasteiger partial charge in [0, 0.05) is 12.8 Å². The van der Waals surface area contributed by atoms with Gasteiger partial charge in [-0.2, -0.15) is 5.10 Å². The molecule has 76 valence electrons. The zero-order valence-corrected chi connectivity index (χ0v) is 8.97. The highest BCUT2D eigenvalue weighted by Gasteiger charge is 1.86. The maximum Gasteiger partial charge on any atom is 0.0491 e. The van der Waals surface area contributed by atoms with E-state index < -0.39 is 0 Å². The Morgan fingerprint density at radius 3 is 2.62 bits per heavy atom. The topological polar surface area (TPSA) is 24.4 Å². The molecule has 2 nitrogen and oxygen atoms in total. The van der Waals surface area contributed by atoms with Crippen LogP contribution >= 0.6 is 0 Å². The van der Waals surface area contributed by atoms with Gasteiger partial charge < -0.3 is 5.43 Å². The molecule has 0 aliphatic rings. The van der Waals surface area contributed by atoms with Gasteiger partial charge in [-0.25, -0.2) is 0 Å². The third-order valence-corrected chi connectivity index (χ3v) is 1.77. The second kappa shape index (κ2) is 9.30. The largest absolute Gasteiger partial charge is 0.310 e. The zero-order valence-electron chi connectivity index (χ0n) is 8.97. The van der Waals surface area contributed by atoms with E-state index in [9.17, 15) is 0 Å². The molecule has 0 unspecified atom stereocenters. The van der Waals surface area contributed by atoms with E-state index in [1.165, 1.54) is 32.1 Å². The first-order valence-corrected chi connectivity index (χ1v) is 5.18. The molecule has 0 heterocycles. The summed E-state index contributed by atoms with van der Waals surface area (Å²) in [5.41, 5.74) is 3.99. The highest BCUT2D eigenvalue weighted by atomic mass is 15.3. The Morgan fingerprint density at radius 1 is 1.31 bits per heavy atom. The van der Waals surface area contributed by atoms with Crippen LogP contribution < -0.4 is 5.43 Å². The van der Waals surface area contributed by atoms with Crippen molar-refractivity contribution in [1.29, 1.82) is 0 Å². The summed E-state index contributed by atoms with van der Waals surface area (Å²) in [6, 6.07) is 0. The van der Waals surface area contributed by atoms with Crippen molar-refractivity contribution in [2.45, 2.75) is 46.0 Å². The Kier molecular flexibility index (Phi) is 8.73. The molecule has 0 aromatic carbocycles. The van der Waals surface area contributed by atoms with Gasteiger partial charge in [-0.3, -0.25) is 0 Å². The third-order valence-electron chi connectivity index (χ3n) is 1.77. The Labute approximate surface area is 82.1 Å². The molecule has 0 fully saturated rings. The van der Waals surface area contributed by atoms with Crippen LogP contribution in [0.3, 0.4) is 0 Å². The average molecular weight is 182 g/mol. The van der Waals surface area contributed by atoms with E-state index in [1.54, 1.807) is 6.21 Å². The summed E-state index contributed by atoms with van der Waals surface area (Å²) in [6.45, 7) is 8.87. The molecule has 0 bridgehead atoms. The number of hydrogen-bond acceptors (Lipinski definition) is 2. The molecule has 0 rings (SSSR count). The van der Waals surface area contributed by atoms with Crippen LogP contribution in [0, 0.1) is 0 Å². The maximum atomic E-state index is 4.01. The summed E-state index contributed by atoms with van der Waals surface area (Å²) < 4.78 is 0. The van der Waals surface area contributed by atoms with E-state index >= 15 is 0 Å². The molecule has 0 aliphatic carbocycles. The summed E-state index contributed by atoms with van der Waals surface area (Å²) in [5, 5.41) is 4.01. The number of rotatable bonds is 8. The fourth-order valence-corrected chi connectivity index (χ4v) is 1.03. The minimum atomic E-state index is 0.980. The fourth-order valence-electron chi connectivity index (χ4n) is 1.03. The number of hydrogen-bond donors (Lipinski definition) is 1. The Bertz CT molecular complexity index is 150. The highest BCUT2D eigenvalue weighted by Crippen LogP contribution is 2.00. The molecular weight excluding hydrogens is 160 g/mol. The van der Waals surface area contributed by atoms with E-state index in [0.717, 1.165) is 12.1 Å². The van der Waals surface area contributed by atoms with Gasteiger partial charge >= 0.3 is 0 Å². The van der Waals surface area contributed by atoms with Crippen molar-refractivity contribution >= 4 is 6.21 Å². The summed E-state index contributed by atoms with van der Waals surface area (Å²) in [6.07, 6.45) is 8.29. The second-order valence-electron chi connectivity index (χ2n) is 3.43. The van der Waals surface area contributed by atoms with Crippen molar-refractivity contribution < 1.29 is 0 Å². The predicted molar refractivity (Wildman–Crippen MR) is 60.1 cm³/mol. The third kappa shape index (κ3) is 11.2. The smallest absolute Gasteiger partial charge is 0.0491 e. The van der Waals surface area contributed by atoms with Crippen LogP contribution in [0.25, 0.3) is 0 Å². The van der Waals surface area contributed by atoms with E-state index in [0.29, 0.717) is 0 Å². The van der Waals surface area contributed by atoms with E-state index in [1.807, 2.05) is 6.92 Å². The number of hydrazone groups is 1. The lowest BCUT2D eigenvalue weighted by molar-refractivity contribution is 0.597. The lowest BCUT2D eigenvalue weighted by Crippen LogP contribution is -2.07. The SMILES string of the molecule is C=C(C)C=NNCCCCCCC. The summed E-state index contributed by atoms with van der Waals surface area (Å²) in [5.74, 6) is 0. The molecule has 0 atom stereocenters. The summed E-state index contributed by atoms with van der Waals surface area (Å²) in [7, 11) is 0. The van der Waals surface area contributed by atoms with Gasteiger partial charge in [-0.1, -0.05) is 39.2 Å². The van der Waals surface area contributed by atoms with Gasteiger partial charge in [0.05, 0.1) is 0 Å². The Morgan fingerprint density at radius 2 is 2.00 bits per heavy atom. The predicted octanol–water partition coefficient (Wildman–Crippen LogP) is 3.11. The van der Waals surface area contributed by atoms with Crippen molar-refractivity contribution in [2.75, 3.05) is 6.54 Å². The van der Waals surface area contributed by atoms with Crippen molar-refractivity contribution in [3.8, 4) is 0 Å². The molecule has 0 aromatic rings. The number of nitrogens with one attached hydrogen (secondary N) is 1. The molecular formula is C11H22N2. The molecule has 2 heteroatoms. The van der Waals surface area contributed by atoms with Crippen molar-refractivity contribution in [2.24, 2.45) is 5.10 Å². The fraction of sp³-hybridized carbons (Fsp3) is 0.727. The number of allylic oxidation sites excluding steroid dienone is 1. The lowest BCUT2D eigenvalue weighted by Gasteiger charge is -1.99. The second-order valence-corrected chi connectivity index (χ2v) is 3.43. The van der Waals surface area contributed by atoms with Crippen LogP contribution in [0.1, 0.15) is 46.0 Å². The maximum absolute atomic E-state index is 4.01. The quantitative estimate of drug-likeness (QED) is 0.348. The molecule has 0 spiro atoms. The van der Waals surface area contributed by atoms with Crippen LogP contribution in [0.4, 0.5) is 0 Å². The van der Waals surface area contributed by atoms with Gasteiger partial charge in [0.1, 0.15) is 0 Å². The van der Waals surface area contributed by atoms with Crippen molar-refractivity contribution in [3.63, 3.8) is 0 Å². The molecule has 0 radical (unpaired) electrons. The first kappa shape index (κ1) is 12.2. The van der Waals surface area contributed by atoms with Crippen LogP contribution in [-0.2, 0) is 0 Å². The van der Waals surface area contributed by atoms with E-state index in [2.05, 4.69) is 24.0 Å².